The Hall–Kier alpha value is -4.16. The van der Waals surface area contributed by atoms with E-state index < -0.39 is 54.0 Å². The Morgan fingerprint density at radius 3 is 2.00 bits per heavy atom. The number of carboxylic acid groups (broad SMARTS) is 1. The number of aliphatic carboxylic acids is 1. The lowest BCUT2D eigenvalue weighted by Crippen LogP contribution is -2.58. The number of hydrogen-bond donors (Lipinski definition) is 7. The van der Waals surface area contributed by atoms with Crippen LogP contribution in [0.5, 0.6) is 11.5 Å². The second kappa shape index (κ2) is 13.1. The van der Waals surface area contributed by atoms with Crippen LogP contribution in [0.1, 0.15) is 30.9 Å². The van der Waals surface area contributed by atoms with Gasteiger partial charge in [0.05, 0.1) is 12.1 Å². The van der Waals surface area contributed by atoms with Gasteiger partial charge in [-0.3, -0.25) is 14.4 Å². The molecule has 0 bridgehead atoms. The summed E-state index contributed by atoms with van der Waals surface area (Å²) < 4.78 is 0. The minimum absolute atomic E-state index is 0.0314. The molecule has 5 unspecified atom stereocenters. The Balaban J connectivity index is 1.78. The summed E-state index contributed by atoms with van der Waals surface area (Å²) in [7, 11) is 0. The Morgan fingerprint density at radius 2 is 1.49 bits per heavy atom. The van der Waals surface area contributed by atoms with Crippen molar-refractivity contribution in [1.29, 1.82) is 0 Å². The van der Waals surface area contributed by atoms with Crippen molar-refractivity contribution in [2.24, 2.45) is 5.73 Å². The second-order valence-corrected chi connectivity index (χ2v) is 9.66. The van der Waals surface area contributed by atoms with Crippen LogP contribution in [0.2, 0.25) is 0 Å². The molecular weight excluding hydrogens is 508 g/mol. The van der Waals surface area contributed by atoms with E-state index >= 15 is 0 Å². The molecule has 0 saturated carbocycles. The van der Waals surface area contributed by atoms with Crippen LogP contribution in [0.15, 0.2) is 48.5 Å². The van der Waals surface area contributed by atoms with Crippen molar-refractivity contribution in [1.82, 2.24) is 15.5 Å². The summed E-state index contributed by atoms with van der Waals surface area (Å²) in [6.07, 6.45) is -0.390. The molecule has 0 aromatic heterocycles. The zero-order valence-corrected chi connectivity index (χ0v) is 21.5. The third-order valence-corrected chi connectivity index (χ3v) is 6.60. The van der Waals surface area contributed by atoms with Crippen LogP contribution in [0.3, 0.4) is 0 Å². The molecule has 1 fully saturated rings. The van der Waals surface area contributed by atoms with Gasteiger partial charge in [-0.15, -0.1) is 0 Å². The number of aromatic hydroxyl groups is 2. The molecule has 210 valence electrons. The molecule has 12 nitrogen and oxygen atoms in total. The number of aliphatic hydroxyl groups is 1. The first-order valence-electron chi connectivity index (χ1n) is 12.6. The van der Waals surface area contributed by atoms with Crippen molar-refractivity contribution in [3.05, 3.63) is 59.7 Å². The van der Waals surface area contributed by atoms with Gasteiger partial charge in [-0.05, 0) is 61.6 Å². The predicted molar refractivity (Wildman–Crippen MR) is 140 cm³/mol. The number of phenols is 2. The van der Waals surface area contributed by atoms with E-state index in [4.69, 9.17) is 5.73 Å². The number of nitrogens with two attached hydrogens (primary N) is 1. The molecular formula is C27H34N4O8. The summed E-state index contributed by atoms with van der Waals surface area (Å²) in [5.74, 6) is -3.16. The van der Waals surface area contributed by atoms with E-state index in [1.54, 1.807) is 24.3 Å². The van der Waals surface area contributed by atoms with Crippen LogP contribution in [0.25, 0.3) is 0 Å². The van der Waals surface area contributed by atoms with Gasteiger partial charge in [-0.2, -0.15) is 0 Å². The number of carbonyl (C=O) groups excluding carboxylic acids is 3. The number of nitrogens with zero attached hydrogens (tertiary/aromatic N) is 1. The standard InChI is InChI=1S/C27H34N4O8/c1-15(32)23(27(38)39)30-25(36)22-3-2-12-31(22)26(37)21(14-17-6-10-19(34)11-7-17)29-24(35)20(28)13-16-4-8-18(33)9-5-16/h4-11,15,20-23,32-34H,2-3,12-14,28H2,1H3,(H,29,35)(H,30,36)(H,38,39). The monoisotopic (exact) mass is 542 g/mol. The molecule has 5 atom stereocenters. The summed E-state index contributed by atoms with van der Waals surface area (Å²) in [6, 6.07) is 7.68. The van der Waals surface area contributed by atoms with Crippen LogP contribution in [0.4, 0.5) is 0 Å². The quantitative estimate of drug-likeness (QED) is 0.198. The van der Waals surface area contributed by atoms with Gasteiger partial charge < -0.3 is 41.7 Å². The van der Waals surface area contributed by atoms with Crippen LogP contribution >= 0.6 is 0 Å². The largest absolute Gasteiger partial charge is 0.508 e. The molecule has 0 spiro atoms. The van der Waals surface area contributed by atoms with Gasteiger partial charge in [0.1, 0.15) is 23.6 Å². The zero-order valence-electron chi connectivity index (χ0n) is 21.5. The van der Waals surface area contributed by atoms with E-state index in [-0.39, 0.29) is 37.3 Å². The summed E-state index contributed by atoms with van der Waals surface area (Å²) in [5.41, 5.74) is 7.46. The highest BCUT2D eigenvalue weighted by Crippen LogP contribution is 2.21. The predicted octanol–water partition coefficient (Wildman–Crippen LogP) is -0.364. The molecule has 2 aromatic rings. The smallest absolute Gasteiger partial charge is 0.328 e. The van der Waals surface area contributed by atoms with Gasteiger partial charge in [0, 0.05) is 13.0 Å². The van der Waals surface area contributed by atoms with Crippen molar-refractivity contribution in [3.63, 3.8) is 0 Å². The number of likely N-dealkylation sites (tertiary alicyclic amines) is 1. The second-order valence-electron chi connectivity index (χ2n) is 9.66. The van der Waals surface area contributed by atoms with Crippen molar-refractivity contribution in [2.75, 3.05) is 6.54 Å². The Morgan fingerprint density at radius 1 is 0.949 bits per heavy atom. The maximum Gasteiger partial charge on any atom is 0.328 e. The minimum atomic E-state index is -1.54. The Labute approximate surface area is 225 Å². The molecule has 0 aliphatic carbocycles. The summed E-state index contributed by atoms with van der Waals surface area (Å²) in [4.78, 5) is 52.4. The van der Waals surface area contributed by atoms with E-state index in [0.717, 1.165) is 0 Å². The fourth-order valence-electron chi connectivity index (χ4n) is 4.47. The van der Waals surface area contributed by atoms with Crippen molar-refractivity contribution in [2.45, 2.75) is 62.9 Å². The highest BCUT2D eigenvalue weighted by molar-refractivity contribution is 5.94. The first-order chi connectivity index (χ1) is 18.5. The number of amides is 3. The fraction of sp³-hybridized carbons (Fsp3) is 0.407. The average molecular weight is 543 g/mol. The summed E-state index contributed by atoms with van der Waals surface area (Å²) in [6.45, 7) is 1.45. The van der Waals surface area contributed by atoms with Crippen LogP contribution < -0.4 is 16.4 Å². The van der Waals surface area contributed by atoms with Gasteiger partial charge in [-0.1, -0.05) is 24.3 Å². The average Bonchev–Trinajstić information content (AvgIpc) is 3.38. The molecule has 1 aliphatic rings. The molecule has 1 saturated heterocycles. The maximum atomic E-state index is 13.7. The highest BCUT2D eigenvalue weighted by Gasteiger charge is 2.39. The number of rotatable bonds is 11. The SMILES string of the molecule is CC(O)C(NC(=O)C1CCCN1C(=O)C(Cc1ccc(O)cc1)NC(=O)C(N)Cc1ccc(O)cc1)C(=O)O. The maximum absolute atomic E-state index is 13.7. The van der Waals surface area contributed by atoms with Crippen LogP contribution in [-0.4, -0.2) is 85.8 Å². The van der Waals surface area contributed by atoms with Gasteiger partial charge in [0.15, 0.2) is 6.04 Å². The molecule has 2 aromatic carbocycles. The van der Waals surface area contributed by atoms with E-state index in [2.05, 4.69) is 10.6 Å². The third kappa shape index (κ3) is 7.91. The lowest BCUT2D eigenvalue weighted by Gasteiger charge is -2.30. The zero-order chi connectivity index (χ0) is 28.7. The molecule has 1 heterocycles. The number of aliphatic hydroxyl groups excluding tert-OH is 1. The number of hydrogen-bond acceptors (Lipinski definition) is 8. The molecule has 1 aliphatic heterocycles. The van der Waals surface area contributed by atoms with Crippen LogP contribution in [-0.2, 0) is 32.0 Å². The molecule has 39 heavy (non-hydrogen) atoms. The number of carbonyl (C=O) groups is 4. The molecule has 12 heteroatoms. The molecule has 0 radical (unpaired) electrons. The third-order valence-electron chi connectivity index (χ3n) is 6.60. The van der Waals surface area contributed by atoms with Gasteiger partial charge in [-0.25, -0.2) is 4.79 Å². The first kappa shape index (κ1) is 29.4. The van der Waals surface area contributed by atoms with E-state index in [1.165, 1.54) is 36.1 Å². The Bertz CT molecular complexity index is 1170. The van der Waals surface area contributed by atoms with E-state index in [9.17, 15) is 39.6 Å². The number of benzene rings is 2. The van der Waals surface area contributed by atoms with Crippen molar-refractivity contribution < 1.29 is 39.6 Å². The Kier molecular flexibility index (Phi) is 9.85. The number of nitrogens with one attached hydrogen (secondary N) is 2. The van der Waals surface area contributed by atoms with Crippen molar-refractivity contribution in [3.8, 4) is 11.5 Å². The van der Waals surface area contributed by atoms with Crippen LogP contribution in [0, 0.1) is 0 Å². The number of carboxylic acids is 1. The van der Waals surface area contributed by atoms with E-state index in [0.29, 0.717) is 17.5 Å². The minimum Gasteiger partial charge on any atom is -0.508 e. The fourth-order valence-corrected chi connectivity index (χ4v) is 4.47. The first-order valence-corrected chi connectivity index (χ1v) is 12.6. The van der Waals surface area contributed by atoms with Crippen molar-refractivity contribution >= 4 is 23.7 Å². The molecule has 8 N–H and O–H groups in total. The molecule has 3 rings (SSSR count). The van der Waals surface area contributed by atoms with E-state index in [1.807, 2.05) is 0 Å². The lowest BCUT2D eigenvalue weighted by atomic mass is 10.0. The van der Waals surface area contributed by atoms with Gasteiger partial charge in [0.2, 0.25) is 17.7 Å². The lowest BCUT2D eigenvalue weighted by molar-refractivity contribution is -0.147. The number of phenolic OH excluding ortho intramolecular Hbond substituents is 2. The van der Waals surface area contributed by atoms with Gasteiger partial charge >= 0.3 is 5.97 Å². The summed E-state index contributed by atoms with van der Waals surface area (Å²) in [5, 5.41) is 43.1. The van der Waals surface area contributed by atoms with Gasteiger partial charge in [0.25, 0.3) is 0 Å². The summed E-state index contributed by atoms with van der Waals surface area (Å²) >= 11 is 0. The normalized spacial score (nSPS) is 18.0. The highest BCUT2D eigenvalue weighted by atomic mass is 16.4. The molecule has 3 amide bonds. The topological polar surface area (TPSA) is 203 Å².